The Morgan fingerprint density at radius 3 is 2.50 bits per heavy atom. The molecular weight excluding hydrogens is 252 g/mol. The lowest BCUT2D eigenvalue weighted by Gasteiger charge is -2.06. The summed E-state index contributed by atoms with van der Waals surface area (Å²) >= 11 is 0. The summed E-state index contributed by atoms with van der Waals surface area (Å²) in [6.07, 6.45) is 2.63. The van der Waals surface area contributed by atoms with Gasteiger partial charge in [0, 0.05) is 12.0 Å². The van der Waals surface area contributed by atoms with Crippen molar-refractivity contribution < 1.29 is 9.26 Å². The minimum absolute atomic E-state index is 0.531. The minimum Gasteiger partial charge on any atom is -0.497 e. The van der Waals surface area contributed by atoms with E-state index in [0.717, 1.165) is 36.3 Å². The molecule has 0 atom stereocenters. The van der Waals surface area contributed by atoms with Crippen LogP contribution in [0, 0.1) is 5.92 Å². The molecule has 1 aromatic heterocycles. The molecule has 0 amide bonds. The number of methoxy groups -OCH3 is 1. The van der Waals surface area contributed by atoms with Crippen molar-refractivity contribution in [3.05, 3.63) is 41.2 Å². The number of aryl methyl sites for hydroxylation is 2. The summed E-state index contributed by atoms with van der Waals surface area (Å²) in [6, 6.07) is 8.08. The Kier molecular flexibility index (Phi) is 4.66. The van der Waals surface area contributed by atoms with Crippen LogP contribution in [0.2, 0.25) is 0 Å². The van der Waals surface area contributed by atoms with Crippen molar-refractivity contribution in [2.24, 2.45) is 5.92 Å². The van der Waals surface area contributed by atoms with Gasteiger partial charge in [-0.25, -0.2) is 0 Å². The molecule has 0 aliphatic heterocycles. The molecule has 0 saturated heterocycles. The Morgan fingerprint density at radius 1 is 1.20 bits per heavy atom. The fourth-order valence-electron chi connectivity index (χ4n) is 2.23. The summed E-state index contributed by atoms with van der Waals surface area (Å²) in [5.74, 6) is 2.85. The number of hydrogen-bond donors (Lipinski definition) is 1. The second-order valence-electron chi connectivity index (χ2n) is 5.42. The first-order valence-electron chi connectivity index (χ1n) is 6.96. The van der Waals surface area contributed by atoms with E-state index in [1.54, 1.807) is 7.11 Å². The molecule has 2 aromatic rings. The lowest BCUT2D eigenvalue weighted by Crippen LogP contribution is -2.01. The predicted molar refractivity (Wildman–Crippen MR) is 79.9 cm³/mol. The molecule has 1 heterocycles. The van der Waals surface area contributed by atoms with E-state index in [0.29, 0.717) is 11.7 Å². The topological polar surface area (TPSA) is 61.3 Å². The van der Waals surface area contributed by atoms with Gasteiger partial charge < -0.3 is 15.0 Å². The van der Waals surface area contributed by atoms with Crippen molar-refractivity contribution in [2.45, 2.75) is 33.1 Å². The van der Waals surface area contributed by atoms with Crippen molar-refractivity contribution in [1.82, 2.24) is 5.16 Å². The van der Waals surface area contributed by atoms with Gasteiger partial charge in [-0.15, -0.1) is 0 Å². The Hall–Kier alpha value is -1.97. The average Bonchev–Trinajstić information content (AvgIpc) is 2.78. The van der Waals surface area contributed by atoms with E-state index in [2.05, 4.69) is 31.1 Å². The number of nitrogens with two attached hydrogens (primary N) is 1. The third kappa shape index (κ3) is 3.53. The highest BCUT2D eigenvalue weighted by Crippen LogP contribution is 2.22. The Bertz CT molecular complexity index is 544. The standard InChI is InChI=1S/C16H22N2O2/c1-11(2)10-14-15(20-18-16(14)17)9-6-12-4-7-13(19-3)8-5-12/h4-5,7-8,11H,6,9-10H2,1-3H3,(H2,17,18). The lowest BCUT2D eigenvalue weighted by atomic mass is 10.00. The van der Waals surface area contributed by atoms with Crippen LogP contribution in [-0.2, 0) is 19.3 Å². The molecule has 0 unspecified atom stereocenters. The van der Waals surface area contributed by atoms with Crippen molar-refractivity contribution in [3.8, 4) is 5.75 Å². The highest BCUT2D eigenvalue weighted by molar-refractivity contribution is 5.41. The SMILES string of the molecule is COc1ccc(CCc2onc(N)c2CC(C)C)cc1. The number of aromatic nitrogens is 1. The normalized spacial score (nSPS) is 11.0. The van der Waals surface area contributed by atoms with Crippen LogP contribution >= 0.6 is 0 Å². The summed E-state index contributed by atoms with van der Waals surface area (Å²) in [7, 11) is 1.67. The first kappa shape index (κ1) is 14.4. The zero-order valence-corrected chi connectivity index (χ0v) is 12.3. The second kappa shape index (κ2) is 6.46. The zero-order chi connectivity index (χ0) is 14.5. The van der Waals surface area contributed by atoms with Crippen molar-refractivity contribution in [1.29, 1.82) is 0 Å². The highest BCUT2D eigenvalue weighted by atomic mass is 16.5. The monoisotopic (exact) mass is 274 g/mol. The van der Waals surface area contributed by atoms with Crippen molar-refractivity contribution >= 4 is 5.82 Å². The van der Waals surface area contributed by atoms with Crippen LogP contribution in [0.25, 0.3) is 0 Å². The van der Waals surface area contributed by atoms with Gasteiger partial charge in [-0.05, 0) is 36.5 Å². The molecule has 1 aromatic carbocycles. The van der Waals surface area contributed by atoms with E-state index >= 15 is 0 Å². The summed E-state index contributed by atoms with van der Waals surface area (Å²) in [5, 5.41) is 3.89. The van der Waals surface area contributed by atoms with Gasteiger partial charge in [0.05, 0.1) is 7.11 Å². The van der Waals surface area contributed by atoms with Gasteiger partial charge in [0.1, 0.15) is 11.5 Å². The van der Waals surface area contributed by atoms with Crippen LogP contribution in [0.15, 0.2) is 28.8 Å². The zero-order valence-electron chi connectivity index (χ0n) is 12.3. The molecule has 2 N–H and O–H groups in total. The number of benzene rings is 1. The summed E-state index contributed by atoms with van der Waals surface area (Å²) in [5.41, 5.74) is 8.19. The quantitative estimate of drug-likeness (QED) is 0.878. The number of nitrogens with zero attached hydrogens (tertiary/aromatic N) is 1. The van der Waals surface area contributed by atoms with Gasteiger partial charge in [-0.2, -0.15) is 0 Å². The van der Waals surface area contributed by atoms with Gasteiger partial charge >= 0.3 is 0 Å². The van der Waals surface area contributed by atoms with Crippen molar-refractivity contribution in [2.75, 3.05) is 12.8 Å². The molecule has 0 saturated carbocycles. The Labute approximate surface area is 119 Å². The number of rotatable bonds is 6. The van der Waals surface area contributed by atoms with E-state index in [4.69, 9.17) is 15.0 Å². The Balaban J connectivity index is 2.02. The molecule has 0 aliphatic rings. The molecule has 4 nitrogen and oxygen atoms in total. The molecular formula is C16H22N2O2. The number of anilines is 1. The van der Waals surface area contributed by atoms with Gasteiger partial charge in [0.25, 0.3) is 0 Å². The maximum atomic E-state index is 5.88. The Morgan fingerprint density at radius 2 is 1.90 bits per heavy atom. The highest BCUT2D eigenvalue weighted by Gasteiger charge is 2.14. The molecule has 4 heteroatoms. The lowest BCUT2D eigenvalue weighted by molar-refractivity contribution is 0.383. The maximum Gasteiger partial charge on any atom is 0.170 e. The fraction of sp³-hybridized carbons (Fsp3) is 0.438. The molecule has 20 heavy (non-hydrogen) atoms. The number of hydrogen-bond acceptors (Lipinski definition) is 4. The van der Waals surface area contributed by atoms with Gasteiger partial charge in [-0.1, -0.05) is 31.1 Å². The summed E-state index contributed by atoms with van der Waals surface area (Å²) < 4.78 is 10.5. The summed E-state index contributed by atoms with van der Waals surface area (Å²) in [6.45, 7) is 4.33. The molecule has 108 valence electrons. The van der Waals surface area contributed by atoms with Crippen LogP contribution in [0.5, 0.6) is 5.75 Å². The van der Waals surface area contributed by atoms with Crippen LogP contribution in [-0.4, -0.2) is 12.3 Å². The first-order chi connectivity index (χ1) is 9.60. The van der Waals surface area contributed by atoms with E-state index < -0.39 is 0 Å². The molecule has 0 radical (unpaired) electrons. The van der Waals surface area contributed by atoms with E-state index in [1.807, 2.05) is 12.1 Å². The van der Waals surface area contributed by atoms with Gasteiger partial charge in [0.2, 0.25) is 0 Å². The number of nitrogen functional groups attached to an aromatic ring is 1. The molecule has 0 aliphatic carbocycles. The van der Waals surface area contributed by atoms with Crippen molar-refractivity contribution in [3.63, 3.8) is 0 Å². The van der Waals surface area contributed by atoms with Crippen LogP contribution < -0.4 is 10.5 Å². The average molecular weight is 274 g/mol. The van der Waals surface area contributed by atoms with E-state index in [-0.39, 0.29) is 0 Å². The third-order valence-electron chi connectivity index (χ3n) is 3.31. The maximum absolute atomic E-state index is 5.88. The number of ether oxygens (including phenoxy) is 1. The predicted octanol–water partition coefficient (Wildman–Crippen LogP) is 3.25. The molecule has 2 rings (SSSR count). The van der Waals surface area contributed by atoms with E-state index in [9.17, 15) is 0 Å². The molecule has 0 bridgehead atoms. The second-order valence-corrected chi connectivity index (χ2v) is 5.42. The fourth-order valence-corrected chi connectivity index (χ4v) is 2.23. The third-order valence-corrected chi connectivity index (χ3v) is 3.31. The first-order valence-corrected chi connectivity index (χ1v) is 6.96. The summed E-state index contributed by atoms with van der Waals surface area (Å²) in [4.78, 5) is 0. The smallest absolute Gasteiger partial charge is 0.170 e. The van der Waals surface area contributed by atoms with Crippen LogP contribution in [0.4, 0.5) is 5.82 Å². The molecule has 0 fully saturated rings. The minimum atomic E-state index is 0.531. The van der Waals surface area contributed by atoms with Crippen LogP contribution in [0.3, 0.4) is 0 Å². The van der Waals surface area contributed by atoms with E-state index in [1.165, 1.54) is 5.56 Å². The van der Waals surface area contributed by atoms with Gasteiger partial charge in [-0.3, -0.25) is 0 Å². The largest absolute Gasteiger partial charge is 0.497 e. The van der Waals surface area contributed by atoms with Gasteiger partial charge in [0.15, 0.2) is 5.82 Å². The van der Waals surface area contributed by atoms with Crippen LogP contribution in [0.1, 0.15) is 30.7 Å². The molecule has 0 spiro atoms.